The Morgan fingerprint density at radius 1 is 1.19 bits per heavy atom. The quantitative estimate of drug-likeness (QED) is 0.537. The van der Waals surface area contributed by atoms with Crippen LogP contribution < -0.4 is 10.2 Å². The highest BCUT2D eigenvalue weighted by atomic mass is 16.5. The summed E-state index contributed by atoms with van der Waals surface area (Å²) < 4.78 is 11.9. The molecule has 2 aromatic carbocycles. The second-order valence-electron chi connectivity index (χ2n) is 8.81. The maximum Gasteiger partial charge on any atom is 0.204 e. The summed E-state index contributed by atoms with van der Waals surface area (Å²) in [4.78, 5) is 13.4. The monoisotopic (exact) mass is 422 g/mol. The van der Waals surface area contributed by atoms with Crippen molar-refractivity contribution >= 4 is 11.0 Å². The van der Waals surface area contributed by atoms with Crippen LogP contribution in [0.3, 0.4) is 0 Å². The first kappa shape index (κ1) is 21.0. The lowest BCUT2D eigenvalue weighted by atomic mass is 9.93. The second kappa shape index (κ2) is 7.46. The van der Waals surface area contributed by atoms with Gasteiger partial charge in [0.05, 0.1) is 11.2 Å². The summed E-state index contributed by atoms with van der Waals surface area (Å²) in [6, 6.07) is 6.22. The van der Waals surface area contributed by atoms with E-state index in [2.05, 4.69) is 0 Å². The van der Waals surface area contributed by atoms with E-state index in [1.165, 1.54) is 18.4 Å². The Bertz CT molecular complexity index is 1240. The number of aliphatic hydroxyl groups is 1. The number of phenols is 2. The Morgan fingerprint density at radius 3 is 2.48 bits per heavy atom. The van der Waals surface area contributed by atoms with Gasteiger partial charge in [0, 0.05) is 17.5 Å². The molecule has 6 heteroatoms. The minimum absolute atomic E-state index is 0.0911. The maximum atomic E-state index is 13.4. The molecular weight excluding hydrogens is 396 g/mol. The normalized spacial score (nSPS) is 15.6. The zero-order valence-electron chi connectivity index (χ0n) is 18.0. The molecule has 162 valence electrons. The van der Waals surface area contributed by atoms with Gasteiger partial charge < -0.3 is 24.5 Å². The fourth-order valence-electron chi connectivity index (χ4n) is 3.88. The molecule has 0 fully saturated rings. The van der Waals surface area contributed by atoms with Crippen molar-refractivity contribution in [2.45, 2.75) is 52.2 Å². The van der Waals surface area contributed by atoms with Crippen LogP contribution in [-0.4, -0.2) is 27.0 Å². The molecule has 1 aromatic heterocycles. The van der Waals surface area contributed by atoms with Gasteiger partial charge in [-0.15, -0.1) is 0 Å². The zero-order chi connectivity index (χ0) is 22.5. The van der Waals surface area contributed by atoms with Crippen molar-refractivity contribution in [2.24, 2.45) is 0 Å². The molecule has 0 amide bonds. The molecule has 31 heavy (non-hydrogen) atoms. The summed E-state index contributed by atoms with van der Waals surface area (Å²) in [6.45, 7) is 7.24. The molecule has 0 radical (unpaired) electrons. The number of hydrogen-bond acceptors (Lipinski definition) is 6. The average Bonchev–Trinajstić information content (AvgIpc) is 3.14. The van der Waals surface area contributed by atoms with Gasteiger partial charge in [-0.25, -0.2) is 0 Å². The molecule has 0 bridgehead atoms. The van der Waals surface area contributed by atoms with Gasteiger partial charge in [-0.05, 0) is 51.8 Å². The van der Waals surface area contributed by atoms with Gasteiger partial charge in [0.25, 0.3) is 0 Å². The van der Waals surface area contributed by atoms with Crippen molar-refractivity contribution in [3.63, 3.8) is 0 Å². The SMILES string of the molecule is CC(C)=CCc1c2c(c3occ(-c4ccc(O)cc4)c(=O)c3c1O)CC(C(C)(C)O)O2. The Kier molecular flexibility index (Phi) is 5.06. The molecule has 1 aliphatic heterocycles. The number of rotatable bonds is 4. The predicted molar refractivity (Wildman–Crippen MR) is 119 cm³/mol. The Hall–Kier alpha value is -3.25. The van der Waals surface area contributed by atoms with E-state index in [1.807, 2.05) is 19.9 Å². The third kappa shape index (κ3) is 3.68. The topological polar surface area (TPSA) is 100 Å². The molecule has 3 aromatic rings. The number of phenolic OH excluding ortho intramolecular Hbond substituents is 2. The Labute approximate surface area is 180 Å². The Morgan fingerprint density at radius 2 is 1.87 bits per heavy atom. The summed E-state index contributed by atoms with van der Waals surface area (Å²) in [7, 11) is 0. The number of hydrogen-bond donors (Lipinski definition) is 3. The highest BCUT2D eigenvalue weighted by molar-refractivity contribution is 5.93. The van der Waals surface area contributed by atoms with Crippen LogP contribution in [0.2, 0.25) is 0 Å². The van der Waals surface area contributed by atoms with Crippen molar-refractivity contribution in [3.8, 4) is 28.4 Å². The number of allylic oxidation sites excluding steroid dienone is 2. The lowest BCUT2D eigenvalue weighted by Gasteiger charge is -2.24. The first-order valence-electron chi connectivity index (χ1n) is 10.2. The summed E-state index contributed by atoms with van der Waals surface area (Å²) in [6.07, 6.45) is 3.53. The van der Waals surface area contributed by atoms with E-state index in [-0.39, 0.29) is 33.5 Å². The van der Waals surface area contributed by atoms with E-state index in [1.54, 1.807) is 26.0 Å². The molecule has 3 N–H and O–H groups in total. The minimum Gasteiger partial charge on any atom is -0.508 e. The summed E-state index contributed by atoms with van der Waals surface area (Å²) in [5.74, 6) is 0.389. The van der Waals surface area contributed by atoms with Crippen LogP contribution in [0.15, 0.2) is 51.4 Å². The summed E-state index contributed by atoms with van der Waals surface area (Å²) in [5, 5.41) is 31.3. The van der Waals surface area contributed by atoms with E-state index in [0.717, 1.165) is 5.57 Å². The number of benzene rings is 2. The van der Waals surface area contributed by atoms with Gasteiger partial charge in [0.2, 0.25) is 5.43 Å². The van der Waals surface area contributed by atoms with Crippen molar-refractivity contribution in [1.82, 2.24) is 0 Å². The van der Waals surface area contributed by atoms with Gasteiger partial charge in [-0.1, -0.05) is 23.8 Å². The number of aromatic hydroxyl groups is 2. The molecular formula is C25H26O6. The highest BCUT2D eigenvalue weighted by Gasteiger charge is 2.39. The summed E-state index contributed by atoms with van der Waals surface area (Å²) in [5.41, 5.74) is 1.90. The predicted octanol–water partition coefficient (Wildman–Crippen LogP) is 4.45. The maximum absolute atomic E-state index is 13.4. The fraction of sp³-hybridized carbons (Fsp3) is 0.320. The molecule has 2 heterocycles. The molecule has 4 rings (SSSR count). The van der Waals surface area contributed by atoms with Gasteiger partial charge in [0.1, 0.15) is 40.6 Å². The van der Waals surface area contributed by atoms with Crippen LogP contribution in [0.1, 0.15) is 38.8 Å². The highest BCUT2D eigenvalue weighted by Crippen LogP contribution is 2.46. The molecule has 0 aliphatic carbocycles. The molecule has 0 spiro atoms. The van der Waals surface area contributed by atoms with Crippen molar-refractivity contribution in [2.75, 3.05) is 0 Å². The smallest absolute Gasteiger partial charge is 0.204 e. The number of ether oxygens (including phenoxy) is 1. The summed E-state index contributed by atoms with van der Waals surface area (Å²) >= 11 is 0. The first-order valence-corrected chi connectivity index (χ1v) is 10.2. The fourth-order valence-corrected chi connectivity index (χ4v) is 3.88. The molecule has 0 saturated carbocycles. The van der Waals surface area contributed by atoms with Crippen LogP contribution in [0.4, 0.5) is 0 Å². The largest absolute Gasteiger partial charge is 0.508 e. The zero-order valence-corrected chi connectivity index (χ0v) is 18.0. The first-order chi connectivity index (χ1) is 14.6. The lowest BCUT2D eigenvalue weighted by Crippen LogP contribution is -2.39. The van der Waals surface area contributed by atoms with Crippen LogP contribution in [-0.2, 0) is 12.8 Å². The Balaban J connectivity index is 1.99. The van der Waals surface area contributed by atoms with E-state index in [0.29, 0.717) is 35.3 Å². The molecule has 0 saturated heterocycles. The van der Waals surface area contributed by atoms with E-state index >= 15 is 0 Å². The van der Waals surface area contributed by atoms with Crippen molar-refractivity contribution < 1.29 is 24.5 Å². The van der Waals surface area contributed by atoms with E-state index < -0.39 is 11.7 Å². The van der Waals surface area contributed by atoms with Gasteiger partial charge in [-0.2, -0.15) is 0 Å². The molecule has 1 unspecified atom stereocenters. The van der Waals surface area contributed by atoms with E-state index in [4.69, 9.17) is 9.15 Å². The van der Waals surface area contributed by atoms with Gasteiger partial charge >= 0.3 is 0 Å². The lowest BCUT2D eigenvalue weighted by molar-refractivity contribution is -0.0232. The third-order valence-corrected chi connectivity index (χ3v) is 5.67. The number of fused-ring (bicyclic) bond motifs is 3. The van der Waals surface area contributed by atoms with Crippen molar-refractivity contribution in [3.05, 3.63) is 63.5 Å². The van der Waals surface area contributed by atoms with Crippen LogP contribution in [0.5, 0.6) is 17.2 Å². The minimum atomic E-state index is -1.11. The van der Waals surface area contributed by atoms with Crippen LogP contribution >= 0.6 is 0 Å². The molecule has 6 nitrogen and oxygen atoms in total. The van der Waals surface area contributed by atoms with Gasteiger partial charge in [-0.3, -0.25) is 4.79 Å². The van der Waals surface area contributed by atoms with Crippen molar-refractivity contribution in [1.29, 1.82) is 0 Å². The molecule has 1 atom stereocenters. The van der Waals surface area contributed by atoms with Gasteiger partial charge in [0.15, 0.2) is 0 Å². The average molecular weight is 422 g/mol. The molecule has 1 aliphatic rings. The van der Waals surface area contributed by atoms with Crippen LogP contribution in [0, 0.1) is 0 Å². The van der Waals surface area contributed by atoms with E-state index in [9.17, 15) is 20.1 Å². The second-order valence-corrected chi connectivity index (χ2v) is 8.81. The standard InChI is InChI=1S/C25H26O6/c1-13(2)5-10-16-21(27)20-22(28)18(14-6-8-15(26)9-7-14)12-30-24(20)17-11-19(25(3,4)29)31-23(16)17/h5-9,12,19,26-27,29H,10-11H2,1-4H3. The third-order valence-electron chi connectivity index (χ3n) is 5.67. The van der Waals surface area contributed by atoms with Crippen LogP contribution in [0.25, 0.3) is 22.1 Å².